The lowest BCUT2D eigenvalue weighted by molar-refractivity contribution is -0.192. The predicted octanol–water partition coefficient (Wildman–Crippen LogP) is 3.73. The summed E-state index contributed by atoms with van der Waals surface area (Å²) in [6.45, 7) is -4.02. The van der Waals surface area contributed by atoms with Gasteiger partial charge in [-0.2, -0.15) is 30.7 Å². The maximum Gasteiger partial charge on any atom is 0.490 e. The minimum atomic E-state index is -5.08. The van der Waals surface area contributed by atoms with Gasteiger partial charge in [-0.1, -0.05) is 12.1 Å². The topological polar surface area (TPSA) is 117 Å². The maximum atomic E-state index is 12.8. The summed E-state index contributed by atoms with van der Waals surface area (Å²) in [5.41, 5.74) is 0.339. The Morgan fingerprint density at radius 1 is 0.973 bits per heavy atom. The molecule has 2 aromatic carbocycles. The first-order chi connectivity index (χ1) is 17.2. The molecular weight excluding hydrogens is 543 g/mol. The molecule has 206 valence electrons. The van der Waals surface area contributed by atoms with Gasteiger partial charge in [0.05, 0.1) is 11.4 Å². The lowest BCUT2D eigenvalue weighted by Gasteiger charge is -2.31. The average molecular weight is 563 g/mol. The minimum Gasteiger partial charge on any atom is -0.475 e. The van der Waals surface area contributed by atoms with E-state index in [1.807, 2.05) is 0 Å². The smallest absolute Gasteiger partial charge is 0.475 e. The Labute approximate surface area is 205 Å². The van der Waals surface area contributed by atoms with Crippen LogP contribution in [0.4, 0.5) is 42.1 Å². The van der Waals surface area contributed by atoms with Crippen molar-refractivity contribution in [3.8, 4) is 11.5 Å². The Hall–Kier alpha value is -3.47. The summed E-state index contributed by atoms with van der Waals surface area (Å²) < 4.78 is 119. The van der Waals surface area contributed by atoms with E-state index in [4.69, 9.17) is 9.90 Å². The molecule has 2 aromatic rings. The lowest BCUT2D eigenvalue weighted by atomic mass is 10.2. The van der Waals surface area contributed by atoms with E-state index < -0.39 is 46.0 Å². The number of hydrogen-bond acceptors (Lipinski definition) is 7. The molecule has 9 nitrogen and oxygen atoms in total. The SMILES string of the molecule is O=C(O)C(F)(F)F.O=S(=O)(Nc1ccc(OC(F)F)c(N2CCNCC2)c1)c1ccccc1OC(F)F. The average Bonchev–Trinajstić information content (AvgIpc) is 2.80. The van der Waals surface area contributed by atoms with E-state index in [9.17, 15) is 39.2 Å². The van der Waals surface area contributed by atoms with Crippen molar-refractivity contribution in [2.45, 2.75) is 24.3 Å². The highest BCUT2D eigenvalue weighted by molar-refractivity contribution is 7.92. The van der Waals surface area contributed by atoms with E-state index in [2.05, 4.69) is 19.5 Å². The number of nitrogens with one attached hydrogen (secondary N) is 2. The zero-order chi connectivity index (χ0) is 27.8. The largest absolute Gasteiger partial charge is 0.490 e. The van der Waals surface area contributed by atoms with Crippen LogP contribution in [0.15, 0.2) is 47.4 Å². The molecule has 0 spiro atoms. The van der Waals surface area contributed by atoms with Crippen LogP contribution in [0.25, 0.3) is 0 Å². The number of halogens is 7. The Balaban J connectivity index is 0.000000604. The van der Waals surface area contributed by atoms with Gasteiger partial charge in [-0.3, -0.25) is 4.72 Å². The van der Waals surface area contributed by atoms with Crippen LogP contribution in [0, 0.1) is 0 Å². The number of carboxylic acid groups (broad SMARTS) is 1. The molecule has 3 rings (SSSR count). The molecular formula is C20H20F7N3O6S. The fraction of sp³-hybridized carbons (Fsp3) is 0.350. The van der Waals surface area contributed by atoms with E-state index in [1.165, 1.54) is 30.3 Å². The van der Waals surface area contributed by atoms with Crippen LogP contribution in [0.2, 0.25) is 0 Å². The molecule has 1 aliphatic rings. The second-order valence-corrected chi connectivity index (χ2v) is 8.68. The van der Waals surface area contributed by atoms with Crippen molar-refractivity contribution in [3.05, 3.63) is 42.5 Å². The number of aliphatic carboxylic acids is 1. The minimum absolute atomic E-state index is 0.0528. The number of benzene rings is 2. The molecule has 1 heterocycles. The number of para-hydroxylation sites is 1. The number of ether oxygens (including phenoxy) is 2. The van der Waals surface area contributed by atoms with Crippen LogP contribution in [-0.2, 0) is 14.8 Å². The number of carboxylic acids is 1. The first-order valence-electron chi connectivity index (χ1n) is 10.1. The van der Waals surface area contributed by atoms with Crippen LogP contribution in [0.5, 0.6) is 11.5 Å². The van der Waals surface area contributed by atoms with Gasteiger partial charge in [-0.05, 0) is 30.3 Å². The first kappa shape index (κ1) is 29.8. The monoisotopic (exact) mass is 563 g/mol. The molecule has 3 N–H and O–H groups in total. The number of carbonyl (C=O) groups is 1. The quantitative estimate of drug-likeness (QED) is 0.416. The number of nitrogens with zero attached hydrogens (tertiary/aromatic N) is 1. The number of sulfonamides is 1. The van der Waals surface area contributed by atoms with E-state index in [1.54, 1.807) is 4.90 Å². The van der Waals surface area contributed by atoms with Crippen molar-refractivity contribution < 1.29 is 58.5 Å². The van der Waals surface area contributed by atoms with Crippen LogP contribution in [-0.4, -0.2) is 65.1 Å². The molecule has 1 fully saturated rings. The molecule has 0 aliphatic carbocycles. The van der Waals surface area contributed by atoms with Crippen LogP contribution in [0.3, 0.4) is 0 Å². The fourth-order valence-electron chi connectivity index (χ4n) is 3.01. The van der Waals surface area contributed by atoms with Crippen LogP contribution >= 0.6 is 0 Å². The predicted molar refractivity (Wildman–Crippen MR) is 116 cm³/mol. The summed E-state index contributed by atoms with van der Waals surface area (Å²) in [6.07, 6.45) is -5.08. The number of anilines is 2. The standard InChI is InChI=1S/C18H19F4N3O4S.C2HF3O2/c19-17(20)28-14-6-5-12(11-13(14)25-9-7-23-8-10-25)24-30(26,27)16-4-2-1-3-15(16)29-18(21)22;3-2(4,5)1(6)7/h1-6,11,17-18,23-24H,7-10H2;(H,6,7). The van der Waals surface area contributed by atoms with Gasteiger partial charge in [0, 0.05) is 26.2 Å². The first-order valence-corrected chi connectivity index (χ1v) is 11.6. The molecule has 0 amide bonds. The molecule has 0 saturated carbocycles. The lowest BCUT2D eigenvalue weighted by Crippen LogP contribution is -2.43. The molecule has 0 radical (unpaired) electrons. The van der Waals surface area contributed by atoms with Crippen LogP contribution in [0.1, 0.15) is 0 Å². The highest BCUT2D eigenvalue weighted by Gasteiger charge is 2.38. The van der Waals surface area contributed by atoms with Gasteiger partial charge in [0.2, 0.25) is 0 Å². The Morgan fingerprint density at radius 3 is 2.05 bits per heavy atom. The second-order valence-electron chi connectivity index (χ2n) is 7.03. The van der Waals surface area contributed by atoms with Crippen molar-refractivity contribution in [2.75, 3.05) is 35.8 Å². The summed E-state index contributed by atoms with van der Waals surface area (Å²) in [5.74, 6) is -3.37. The van der Waals surface area contributed by atoms with Crippen molar-refractivity contribution in [2.24, 2.45) is 0 Å². The Kier molecular flexibility index (Phi) is 10.2. The number of rotatable bonds is 8. The van der Waals surface area contributed by atoms with Gasteiger partial charge in [0.15, 0.2) is 0 Å². The van der Waals surface area contributed by atoms with Gasteiger partial charge >= 0.3 is 25.4 Å². The summed E-state index contributed by atoms with van der Waals surface area (Å²) >= 11 is 0. The van der Waals surface area contributed by atoms with Crippen molar-refractivity contribution in [1.82, 2.24) is 5.32 Å². The molecule has 0 unspecified atom stereocenters. The zero-order valence-electron chi connectivity index (χ0n) is 18.5. The molecule has 0 bridgehead atoms. The normalized spacial score (nSPS) is 14.1. The van der Waals surface area contributed by atoms with Gasteiger partial charge in [-0.25, -0.2) is 13.2 Å². The summed E-state index contributed by atoms with van der Waals surface area (Å²) in [7, 11) is -4.30. The van der Waals surface area contributed by atoms with Gasteiger partial charge < -0.3 is 24.8 Å². The third-order valence-electron chi connectivity index (χ3n) is 4.48. The summed E-state index contributed by atoms with van der Waals surface area (Å²) in [5, 5.41) is 10.2. The zero-order valence-corrected chi connectivity index (χ0v) is 19.3. The molecule has 17 heteroatoms. The van der Waals surface area contributed by atoms with Crippen molar-refractivity contribution >= 4 is 27.4 Å². The van der Waals surface area contributed by atoms with E-state index >= 15 is 0 Å². The van der Waals surface area contributed by atoms with Crippen molar-refractivity contribution in [1.29, 1.82) is 0 Å². The number of alkyl halides is 7. The second kappa shape index (κ2) is 12.7. The molecule has 1 aliphatic heterocycles. The molecule has 0 aromatic heterocycles. The molecule has 37 heavy (non-hydrogen) atoms. The van der Waals surface area contributed by atoms with E-state index in [-0.39, 0.29) is 17.1 Å². The molecule has 0 atom stereocenters. The van der Waals surface area contributed by atoms with Gasteiger partial charge in [0.25, 0.3) is 10.0 Å². The third kappa shape index (κ3) is 9.16. The fourth-order valence-corrected chi connectivity index (χ4v) is 4.19. The van der Waals surface area contributed by atoms with Crippen LogP contribution < -0.4 is 24.4 Å². The number of piperazine rings is 1. The Bertz CT molecular complexity index is 1160. The highest BCUT2D eigenvalue weighted by Crippen LogP contribution is 2.34. The van der Waals surface area contributed by atoms with Gasteiger partial charge in [0.1, 0.15) is 16.4 Å². The van der Waals surface area contributed by atoms with E-state index in [0.29, 0.717) is 26.2 Å². The maximum absolute atomic E-state index is 12.8. The summed E-state index contributed by atoms with van der Waals surface area (Å²) in [6, 6.07) is 8.77. The van der Waals surface area contributed by atoms with Gasteiger partial charge in [-0.15, -0.1) is 0 Å². The highest BCUT2D eigenvalue weighted by atomic mass is 32.2. The van der Waals surface area contributed by atoms with E-state index in [0.717, 1.165) is 12.1 Å². The number of hydrogen-bond donors (Lipinski definition) is 3. The summed E-state index contributed by atoms with van der Waals surface area (Å²) in [4.78, 5) is 10.2. The third-order valence-corrected chi connectivity index (χ3v) is 5.90. The molecule has 1 saturated heterocycles. The Morgan fingerprint density at radius 2 is 1.51 bits per heavy atom. The van der Waals surface area contributed by atoms with Crippen molar-refractivity contribution in [3.63, 3.8) is 0 Å².